The van der Waals surface area contributed by atoms with Crippen LogP contribution in [0.4, 0.5) is 10.5 Å². The Morgan fingerprint density at radius 2 is 1.89 bits per heavy atom. The minimum absolute atomic E-state index is 0.0777. The van der Waals surface area contributed by atoms with Crippen LogP contribution in [-0.4, -0.2) is 55.4 Å². The van der Waals surface area contributed by atoms with E-state index in [4.69, 9.17) is 14.9 Å². The van der Waals surface area contributed by atoms with E-state index < -0.39 is 18.0 Å². The van der Waals surface area contributed by atoms with E-state index in [1.165, 1.54) is 19.1 Å². The van der Waals surface area contributed by atoms with Crippen LogP contribution in [0.25, 0.3) is 0 Å². The highest BCUT2D eigenvalue weighted by atomic mass is 16.5. The maximum atomic E-state index is 11.5. The molecular formula is C27H37N5O6. The summed E-state index contributed by atoms with van der Waals surface area (Å²) in [6.45, 7) is 6.59. The average molecular weight is 528 g/mol. The van der Waals surface area contributed by atoms with Gasteiger partial charge >= 0.3 is 6.03 Å². The number of urea groups is 1. The Balaban J connectivity index is 0.000000229. The number of fused-ring (bicyclic) bond motifs is 1. The number of carbonyl (C=O) groups is 4. The van der Waals surface area contributed by atoms with Gasteiger partial charge in [-0.15, -0.1) is 0 Å². The molecule has 0 bridgehead atoms. The van der Waals surface area contributed by atoms with Crippen molar-refractivity contribution >= 4 is 36.0 Å². The normalized spacial score (nSPS) is 17.3. The van der Waals surface area contributed by atoms with E-state index in [1.54, 1.807) is 31.2 Å². The van der Waals surface area contributed by atoms with Crippen LogP contribution < -0.4 is 21.1 Å². The van der Waals surface area contributed by atoms with Crippen molar-refractivity contribution in [3.05, 3.63) is 46.9 Å². The SMILES string of the molecule is CC.CCc1oc(C2NC(=O)NC2=O)cc1N=CCC=O.COc1ccc2c(c1)C(=O)N(C)C2.NC1CC1. The number of aliphatic imine (C=N–C) groups is 1. The van der Waals surface area contributed by atoms with Gasteiger partial charge in [-0.3, -0.25) is 19.9 Å². The lowest BCUT2D eigenvalue weighted by atomic mass is 10.1. The molecule has 5 rings (SSSR count). The molecule has 0 spiro atoms. The van der Waals surface area contributed by atoms with E-state index in [0.717, 1.165) is 23.2 Å². The van der Waals surface area contributed by atoms with Crippen molar-refractivity contribution in [3.8, 4) is 5.75 Å². The van der Waals surface area contributed by atoms with Crippen LogP contribution in [0.2, 0.25) is 0 Å². The first-order chi connectivity index (χ1) is 18.3. The molecule has 1 saturated carbocycles. The number of imide groups is 1. The van der Waals surface area contributed by atoms with E-state index in [1.807, 2.05) is 32.9 Å². The summed E-state index contributed by atoms with van der Waals surface area (Å²) in [7, 11) is 3.40. The summed E-state index contributed by atoms with van der Waals surface area (Å²) < 4.78 is 10.6. The predicted octanol–water partition coefficient (Wildman–Crippen LogP) is 3.43. The topological polar surface area (TPSA) is 156 Å². The molecule has 1 saturated heterocycles. The van der Waals surface area contributed by atoms with Gasteiger partial charge < -0.3 is 29.9 Å². The fourth-order valence-corrected chi connectivity index (χ4v) is 3.40. The molecular weight excluding hydrogens is 490 g/mol. The first-order valence-electron chi connectivity index (χ1n) is 12.6. The predicted molar refractivity (Wildman–Crippen MR) is 144 cm³/mol. The number of ether oxygens (including phenoxy) is 1. The van der Waals surface area contributed by atoms with E-state index in [0.29, 0.717) is 36.2 Å². The number of benzene rings is 1. The summed E-state index contributed by atoms with van der Waals surface area (Å²) in [5.74, 6) is 1.30. The minimum Gasteiger partial charge on any atom is -0.497 e. The second-order valence-corrected chi connectivity index (χ2v) is 8.44. The van der Waals surface area contributed by atoms with E-state index in [2.05, 4.69) is 15.6 Å². The molecule has 1 aliphatic carbocycles. The van der Waals surface area contributed by atoms with Crippen molar-refractivity contribution < 1.29 is 28.3 Å². The molecule has 11 heteroatoms. The molecule has 1 atom stereocenters. The monoisotopic (exact) mass is 527 g/mol. The molecule has 11 nitrogen and oxygen atoms in total. The largest absolute Gasteiger partial charge is 0.497 e. The second kappa shape index (κ2) is 14.7. The number of furan rings is 1. The molecule has 2 aliphatic heterocycles. The first-order valence-corrected chi connectivity index (χ1v) is 12.6. The van der Waals surface area contributed by atoms with Gasteiger partial charge in [0.2, 0.25) is 0 Å². The number of carbonyl (C=O) groups excluding carboxylic acids is 4. The Bertz CT molecular complexity index is 1150. The molecule has 1 aromatic carbocycles. The first kappa shape index (κ1) is 30.2. The molecule has 3 heterocycles. The molecule has 1 aromatic heterocycles. The van der Waals surface area contributed by atoms with E-state index in [9.17, 15) is 19.2 Å². The quantitative estimate of drug-likeness (QED) is 0.295. The second-order valence-electron chi connectivity index (χ2n) is 8.44. The molecule has 0 radical (unpaired) electrons. The number of rotatable bonds is 6. The number of nitrogens with two attached hydrogens (primary N) is 1. The van der Waals surface area contributed by atoms with Gasteiger partial charge in [0.1, 0.15) is 29.2 Å². The highest BCUT2D eigenvalue weighted by Gasteiger charge is 2.34. The molecule has 1 unspecified atom stereocenters. The van der Waals surface area contributed by atoms with Crippen molar-refractivity contribution in [1.29, 1.82) is 0 Å². The summed E-state index contributed by atoms with van der Waals surface area (Å²) in [5, 5.41) is 4.58. The van der Waals surface area contributed by atoms with Crippen molar-refractivity contribution in [3.63, 3.8) is 0 Å². The van der Waals surface area contributed by atoms with Gasteiger partial charge in [-0.25, -0.2) is 4.79 Å². The lowest BCUT2D eigenvalue weighted by Crippen LogP contribution is -2.22. The molecule has 206 valence electrons. The van der Waals surface area contributed by atoms with Crippen LogP contribution in [0.15, 0.2) is 33.7 Å². The third-order valence-corrected chi connectivity index (χ3v) is 5.54. The molecule has 38 heavy (non-hydrogen) atoms. The summed E-state index contributed by atoms with van der Waals surface area (Å²) in [6, 6.07) is 6.42. The van der Waals surface area contributed by atoms with Crippen molar-refractivity contribution in [1.82, 2.24) is 15.5 Å². The third kappa shape index (κ3) is 8.27. The zero-order valence-corrected chi connectivity index (χ0v) is 22.6. The van der Waals surface area contributed by atoms with Crippen molar-refractivity contribution in [2.75, 3.05) is 14.2 Å². The van der Waals surface area contributed by atoms with Gasteiger partial charge in [-0.1, -0.05) is 26.8 Å². The summed E-state index contributed by atoms with van der Waals surface area (Å²) >= 11 is 0. The molecule has 2 aromatic rings. The highest BCUT2D eigenvalue weighted by Crippen LogP contribution is 2.29. The van der Waals surface area contributed by atoms with Crippen molar-refractivity contribution in [2.24, 2.45) is 10.7 Å². The van der Waals surface area contributed by atoms with Gasteiger partial charge in [-0.05, 0) is 30.5 Å². The van der Waals surface area contributed by atoms with Crippen LogP contribution in [0, 0.1) is 0 Å². The van der Waals surface area contributed by atoms with Crippen molar-refractivity contribution in [2.45, 2.75) is 65.1 Å². The van der Waals surface area contributed by atoms with E-state index >= 15 is 0 Å². The average Bonchev–Trinajstić information content (AvgIpc) is 3.35. The maximum absolute atomic E-state index is 11.5. The number of aldehydes is 1. The zero-order chi connectivity index (χ0) is 28.2. The summed E-state index contributed by atoms with van der Waals surface area (Å²) in [6.07, 6.45) is 5.54. The number of hydrogen-bond acceptors (Lipinski definition) is 8. The minimum atomic E-state index is -0.826. The number of nitrogens with one attached hydrogen (secondary N) is 2. The van der Waals surface area contributed by atoms with Gasteiger partial charge in [-0.2, -0.15) is 0 Å². The van der Waals surface area contributed by atoms with E-state index in [-0.39, 0.29) is 12.3 Å². The molecule has 2 fully saturated rings. The smallest absolute Gasteiger partial charge is 0.322 e. The number of nitrogens with zero attached hydrogens (tertiary/aromatic N) is 2. The zero-order valence-electron chi connectivity index (χ0n) is 22.6. The number of methoxy groups -OCH3 is 1. The summed E-state index contributed by atoms with van der Waals surface area (Å²) in [4.78, 5) is 50.1. The lowest BCUT2D eigenvalue weighted by molar-refractivity contribution is -0.120. The Hall–Kier alpha value is -3.99. The number of amides is 4. The van der Waals surface area contributed by atoms with Gasteiger partial charge in [0.25, 0.3) is 11.8 Å². The highest BCUT2D eigenvalue weighted by molar-refractivity contribution is 6.04. The summed E-state index contributed by atoms with van der Waals surface area (Å²) in [5.41, 5.74) is 7.63. The van der Waals surface area contributed by atoms with Gasteiger partial charge in [0.15, 0.2) is 6.04 Å². The van der Waals surface area contributed by atoms with Gasteiger partial charge in [0.05, 0.1) is 7.11 Å². The van der Waals surface area contributed by atoms with Crippen LogP contribution in [0.5, 0.6) is 5.75 Å². The number of aryl methyl sites for hydroxylation is 1. The number of hydrogen-bond donors (Lipinski definition) is 3. The Morgan fingerprint density at radius 1 is 1.21 bits per heavy atom. The Kier molecular flexibility index (Phi) is 11.7. The van der Waals surface area contributed by atoms with Crippen LogP contribution in [0.3, 0.4) is 0 Å². The fourth-order valence-electron chi connectivity index (χ4n) is 3.40. The Morgan fingerprint density at radius 3 is 2.42 bits per heavy atom. The Labute approximate surface area is 222 Å². The third-order valence-electron chi connectivity index (χ3n) is 5.54. The fraction of sp³-hybridized carbons (Fsp3) is 0.444. The van der Waals surface area contributed by atoms with Crippen LogP contribution in [-0.2, 0) is 22.6 Å². The van der Waals surface area contributed by atoms with Crippen LogP contribution in [0.1, 0.15) is 73.5 Å². The molecule has 4 amide bonds. The lowest BCUT2D eigenvalue weighted by Gasteiger charge is -2.04. The molecule has 3 aliphatic rings. The molecule has 4 N–H and O–H groups in total. The van der Waals surface area contributed by atoms with Crippen LogP contribution >= 0.6 is 0 Å². The maximum Gasteiger partial charge on any atom is 0.322 e. The standard InChI is InChI=1S/C12H13N3O4.C10H11NO2.C3H7N.C2H6/c1-2-8-7(13-4-3-5-16)6-9(19-8)10-11(17)15-12(18)14-10;1-11-6-7-3-4-8(13-2)5-9(7)10(11)12;4-3-1-2-3;1-2/h4-6,10H,2-3H2,1H3,(H2,14,15,17,18);3-5H,6H2,1-2H3;3H,1-2,4H2;1-2H3. The van der Waals surface area contributed by atoms with Gasteiger partial charge in [0, 0.05) is 50.3 Å².